The highest BCUT2D eigenvalue weighted by molar-refractivity contribution is 9.10. The second-order valence-electron chi connectivity index (χ2n) is 8.27. The number of aryl methyl sites for hydroxylation is 1. The van der Waals surface area contributed by atoms with Gasteiger partial charge in [0, 0.05) is 23.4 Å². The monoisotopic (exact) mass is 565 g/mol. The molecule has 37 heavy (non-hydrogen) atoms. The summed E-state index contributed by atoms with van der Waals surface area (Å²) >= 11 is 3.47. The molecule has 0 radical (unpaired) electrons. The summed E-state index contributed by atoms with van der Waals surface area (Å²) in [7, 11) is 0. The zero-order valence-electron chi connectivity index (χ0n) is 22.0. The fourth-order valence-corrected chi connectivity index (χ4v) is 3.35. The Hall–Kier alpha value is -3.64. The number of aliphatic carboxylic acids is 1. The summed E-state index contributed by atoms with van der Waals surface area (Å²) in [6, 6.07) is 22.6. The summed E-state index contributed by atoms with van der Waals surface area (Å²) in [5.41, 5.74) is 3.13. The van der Waals surface area contributed by atoms with Crippen molar-refractivity contribution in [1.82, 2.24) is 5.32 Å². The lowest BCUT2D eigenvalue weighted by Gasteiger charge is -2.14. The minimum atomic E-state index is -1.02. The Morgan fingerprint density at radius 2 is 1.46 bits per heavy atom. The zero-order chi connectivity index (χ0) is 27.8. The van der Waals surface area contributed by atoms with Gasteiger partial charge in [-0.1, -0.05) is 95.8 Å². The highest BCUT2D eigenvalue weighted by Crippen LogP contribution is 2.17. The second-order valence-corrected chi connectivity index (χ2v) is 9.12. The third-order valence-electron chi connectivity index (χ3n) is 5.30. The molecule has 2 N–H and O–H groups in total. The van der Waals surface area contributed by atoms with E-state index in [1.165, 1.54) is 12.5 Å². The van der Waals surface area contributed by atoms with Crippen molar-refractivity contribution in [2.45, 2.75) is 46.8 Å². The van der Waals surface area contributed by atoms with Crippen LogP contribution in [0.25, 0.3) is 13.2 Å². The molecule has 0 aliphatic heterocycles. The van der Waals surface area contributed by atoms with E-state index in [0.717, 1.165) is 31.8 Å². The molecule has 0 saturated carbocycles. The molecule has 5 nitrogen and oxygen atoms in total. The van der Waals surface area contributed by atoms with Gasteiger partial charge >= 0.3 is 5.97 Å². The molecular weight excluding hydrogens is 530 g/mol. The van der Waals surface area contributed by atoms with E-state index >= 15 is 0 Å². The Kier molecular flexibility index (Phi) is 14.4. The van der Waals surface area contributed by atoms with E-state index in [1.807, 2.05) is 99.6 Å². The number of carbonyl (C=O) groups excluding carboxylic acids is 1. The van der Waals surface area contributed by atoms with Crippen molar-refractivity contribution in [2.24, 2.45) is 0 Å². The second kappa shape index (κ2) is 16.9. The van der Waals surface area contributed by atoms with E-state index in [1.54, 1.807) is 0 Å². The third kappa shape index (κ3) is 12.8. The van der Waals surface area contributed by atoms with Crippen LogP contribution >= 0.6 is 15.9 Å². The number of hydrogen-bond donors (Lipinski definition) is 2. The van der Waals surface area contributed by atoms with Crippen molar-refractivity contribution in [3.63, 3.8) is 0 Å². The molecule has 0 bridgehead atoms. The fraction of sp³-hybridized carbons (Fsp3) is 0.226. The number of halogens is 1. The summed E-state index contributed by atoms with van der Waals surface area (Å²) < 4.78 is 6.59. The molecule has 1 amide bonds. The molecule has 6 heteroatoms. The lowest BCUT2D eigenvalue weighted by molar-refractivity contribution is -0.141. The normalized spacial score (nSPS) is 11.1. The Bertz CT molecular complexity index is 1260. The largest absolute Gasteiger partial charge is 0.494 e. The summed E-state index contributed by atoms with van der Waals surface area (Å²) in [6.07, 6.45) is 2.26. The maximum Gasteiger partial charge on any atom is 0.326 e. The van der Waals surface area contributed by atoms with Crippen LogP contribution < -0.4 is 15.8 Å². The van der Waals surface area contributed by atoms with Gasteiger partial charge in [0.1, 0.15) is 12.6 Å². The molecule has 196 valence electrons. The Labute approximate surface area is 228 Å². The van der Waals surface area contributed by atoms with Crippen LogP contribution in [0.2, 0.25) is 0 Å². The van der Waals surface area contributed by atoms with Crippen molar-refractivity contribution in [2.75, 3.05) is 0 Å². The molecule has 0 aliphatic carbocycles. The van der Waals surface area contributed by atoms with E-state index < -0.39 is 12.0 Å². The first-order valence-corrected chi connectivity index (χ1v) is 12.6. The van der Waals surface area contributed by atoms with E-state index in [4.69, 9.17) is 9.84 Å². The molecule has 0 fully saturated rings. The maximum atomic E-state index is 10.9. The SMILES string of the molecule is C/C=C(\C)OCc1ccccc1Br.C=c1ccccc1=C.CC(=O)NC(Cc1ccccc1C)C(=O)O. The van der Waals surface area contributed by atoms with Crippen molar-refractivity contribution in [1.29, 1.82) is 0 Å². The van der Waals surface area contributed by atoms with Gasteiger partial charge < -0.3 is 15.2 Å². The Balaban J connectivity index is 0.000000292. The lowest BCUT2D eigenvalue weighted by atomic mass is 10.0. The predicted molar refractivity (Wildman–Crippen MR) is 155 cm³/mol. The molecular formula is C31H36BrNO4. The van der Waals surface area contributed by atoms with Crippen LogP contribution in [-0.2, 0) is 27.4 Å². The molecule has 1 unspecified atom stereocenters. The van der Waals surface area contributed by atoms with Gasteiger partial charge in [-0.3, -0.25) is 4.79 Å². The number of carboxylic acids is 1. The molecule has 3 aromatic rings. The van der Waals surface area contributed by atoms with Crippen LogP contribution in [0.15, 0.2) is 89.1 Å². The molecule has 3 rings (SSSR count). The summed E-state index contributed by atoms with van der Waals surface area (Å²) in [4.78, 5) is 21.8. The Morgan fingerprint density at radius 1 is 0.946 bits per heavy atom. The molecule has 0 spiro atoms. The summed E-state index contributed by atoms with van der Waals surface area (Å²) in [5, 5.41) is 13.4. The fourth-order valence-electron chi connectivity index (χ4n) is 2.95. The van der Waals surface area contributed by atoms with Gasteiger partial charge in [0.25, 0.3) is 0 Å². The van der Waals surface area contributed by atoms with Crippen LogP contribution in [0.3, 0.4) is 0 Å². The highest BCUT2D eigenvalue weighted by Gasteiger charge is 2.19. The molecule has 0 aromatic heterocycles. The van der Waals surface area contributed by atoms with E-state index in [-0.39, 0.29) is 5.91 Å². The van der Waals surface area contributed by atoms with Crippen molar-refractivity contribution < 1.29 is 19.4 Å². The number of nitrogens with one attached hydrogen (secondary N) is 1. The molecule has 0 aliphatic rings. The van der Waals surface area contributed by atoms with E-state index in [0.29, 0.717) is 13.0 Å². The van der Waals surface area contributed by atoms with E-state index in [9.17, 15) is 9.59 Å². The van der Waals surface area contributed by atoms with Gasteiger partial charge in [0.15, 0.2) is 0 Å². The van der Waals surface area contributed by atoms with Gasteiger partial charge in [-0.05, 0) is 54.5 Å². The number of rotatable bonds is 7. The van der Waals surface area contributed by atoms with Gasteiger partial charge in [0.2, 0.25) is 5.91 Å². The summed E-state index contributed by atoms with van der Waals surface area (Å²) in [6.45, 7) is 15.3. The van der Waals surface area contributed by atoms with E-state index in [2.05, 4.69) is 34.4 Å². The smallest absolute Gasteiger partial charge is 0.326 e. The highest BCUT2D eigenvalue weighted by atomic mass is 79.9. The number of amides is 1. The number of hydrogen-bond acceptors (Lipinski definition) is 3. The summed E-state index contributed by atoms with van der Waals surface area (Å²) in [5.74, 6) is -0.393. The number of allylic oxidation sites excluding steroid dienone is 2. The van der Waals surface area contributed by atoms with Crippen LogP contribution in [0, 0.1) is 6.92 Å². The van der Waals surface area contributed by atoms with Crippen molar-refractivity contribution in [3.05, 3.63) is 116 Å². The third-order valence-corrected chi connectivity index (χ3v) is 6.07. The van der Waals surface area contributed by atoms with Gasteiger partial charge in [-0.2, -0.15) is 0 Å². The number of ether oxygens (including phenoxy) is 1. The first-order chi connectivity index (χ1) is 17.5. The predicted octanol–water partition coefficient (Wildman–Crippen LogP) is 5.52. The maximum absolute atomic E-state index is 10.9. The van der Waals surface area contributed by atoms with Crippen molar-refractivity contribution >= 4 is 41.0 Å². The number of carbonyl (C=O) groups is 2. The standard InChI is InChI=1S/C12H15NO3.C11H13BrO.C8H8/c1-8-5-3-4-6-10(8)7-11(12(15)16)13-9(2)14;1-3-9(2)13-8-10-6-4-5-7-11(10)12;1-7-5-3-4-6-8(7)2/h3-6,11H,7H2,1-2H3,(H,13,14)(H,15,16);3-7H,8H2,1-2H3;3-6H,1-2H2/b;9-3+;. The minimum absolute atomic E-state index is 0.307. The zero-order valence-corrected chi connectivity index (χ0v) is 23.5. The number of carboxylic acid groups (broad SMARTS) is 1. The molecule has 1 atom stereocenters. The first-order valence-electron chi connectivity index (χ1n) is 11.8. The van der Waals surface area contributed by atoms with Crippen molar-refractivity contribution in [3.8, 4) is 0 Å². The Morgan fingerprint density at radius 3 is 1.92 bits per heavy atom. The topological polar surface area (TPSA) is 75.6 Å². The number of benzene rings is 3. The van der Waals surface area contributed by atoms with Crippen LogP contribution in [0.1, 0.15) is 37.5 Å². The van der Waals surface area contributed by atoms with Gasteiger partial charge in [0.05, 0.1) is 5.76 Å². The molecule has 0 heterocycles. The first kappa shape index (κ1) is 31.4. The van der Waals surface area contributed by atoms with Gasteiger partial charge in [-0.25, -0.2) is 4.79 Å². The van der Waals surface area contributed by atoms with Crippen LogP contribution in [0.5, 0.6) is 0 Å². The van der Waals surface area contributed by atoms with Gasteiger partial charge in [-0.15, -0.1) is 0 Å². The quantitative estimate of drug-likeness (QED) is 0.369. The average molecular weight is 567 g/mol. The minimum Gasteiger partial charge on any atom is -0.494 e. The van der Waals surface area contributed by atoms with Crippen LogP contribution in [-0.4, -0.2) is 23.0 Å². The molecule has 3 aromatic carbocycles. The lowest BCUT2D eigenvalue weighted by Crippen LogP contribution is -2.41. The molecule has 0 saturated heterocycles. The van der Waals surface area contributed by atoms with Crippen LogP contribution in [0.4, 0.5) is 0 Å². The average Bonchev–Trinajstić information content (AvgIpc) is 2.86.